The van der Waals surface area contributed by atoms with Crippen molar-refractivity contribution in [2.45, 2.75) is 39.2 Å². The van der Waals surface area contributed by atoms with Crippen LogP contribution in [0.25, 0.3) is 0 Å². The Hall–Kier alpha value is -0.570. The smallest absolute Gasteiger partial charge is 0.311 e. The lowest BCUT2D eigenvalue weighted by molar-refractivity contribution is -0.149. The molecule has 0 amide bonds. The van der Waals surface area contributed by atoms with E-state index >= 15 is 0 Å². The highest BCUT2D eigenvalue weighted by Gasteiger charge is 2.24. The van der Waals surface area contributed by atoms with Gasteiger partial charge in [0.15, 0.2) is 0 Å². The van der Waals surface area contributed by atoms with E-state index in [1.54, 1.807) is 0 Å². The molecular weight excluding hydrogens is 156 g/mol. The van der Waals surface area contributed by atoms with Gasteiger partial charge in [0.05, 0.1) is 19.1 Å². The first-order valence-electron chi connectivity index (χ1n) is 4.43. The maximum Gasteiger partial charge on any atom is 0.311 e. The van der Waals surface area contributed by atoms with E-state index in [9.17, 15) is 9.90 Å². The Morgan fingerprint density at radius 2 is 2.08 bits per heavy atom. The zero-order valence-electron chi connectivity index (χ0n) is 8.04. The van der Waals surface area contributed by atoms with Gasteiger partial charge in [0.1, 0.15) is 0 Å². The summed E-state index contributed by atoms with van der Waals surface area (Å²) in [6.07, 6.45) is 1.62. The van der Waals surface area contributed by atoms with Gasteiger partial charge in [-0.2, -0.15) is 0 Å². The summed E-state index contributed by atoms with van der Waals surface area (Å²) in [4.78, 5) is 11.1. The molecule has 0 radical (unpaired) electrons. The van der Waals surface area contributed by atoms with Crippen LogP contribution >= 0.6 is 0 Å². The van der Waals surface area contributed by atoms with Crippen LogP contribution in [0.3, 0.4) is 0 Å². The molecule has 0 unspecified atom stereocenters. The molecule has 0 spiro atoms. The average molecular weight is 174 g/mol. The molecule has 0 fully saturated rings. The summed E-state index contributed by atoms with van der Waals surface area (Å²) < 4.78 is 4.59. The molecular formula is C9H18O3. The first kappa shape index (κ1) is 11.4. The van der Waals surface area contributed by atoms with E-state index in [4.69, 9.17) is 0 Å². The number of aliphatic hydroxyl groups excluding tert-OH is 1. The summed E-state index contributed by atoms with van der Waals surface area (Å²) in [6, 6.07) is 0. The third-order valence-corrected chi connectivity index (χ3v) is 1.99. The van der Waals surface area contributed by atoms with Crippen LogP contribution in [0.5, 0.6) is 0 Å². The Morgan fingerprint density at radius 1 is 1.50 bits per heavy atom. The first-order valence-corrected chi connectivity index (χ1v) is 4.43. The molecule has 0 aromatic rings. The standard InChI is InChI=1S/C9H18O3/c1-4-6-7(8(10)5-2)9(11)12-3/h7-8,10H,4-6H2,1-3H3/t7-,8-/m1/s1. The molecule has 0 rings (SSSR count). The van der Waals surface area contributed by atoms with Gasteiger partial charge in [-0.1, -0.05) is 20.3 Å². The van der Waals surface area contributed by atoms with Gasteiger partial charge >= 0.3 is 5.97 Å². The van der Waals surface area contributed by atoms with Crippen LogP contribution in [0.2, 0.25) is 0 Å². The van der Waals surface area contributed by atoms with E-state index in [2.05, 4.69) is 4.74 Å². The third kappa shape index (κ3) is 3.22. The second-order valence-electron chi connectivity index (χ2n) is 2.89. The van der Waals surface area contributed by atoms with Gasteiger partial charge in [0.25, 0.3) is 0 Å². The number of esters is 1. The number of rotatable bonds is 5. The minimum absolute atomic E-state index is 0.300. The summed E-state index contributed by atoms with van der Waals surface area (Å²) in [6.45, 7) is 3.84. The molecule has 2 atom stereocenters. The van der Waals surface area contributed by atoms with Crippen molar-refractivity contribution in [3.8, 4) is 0 Å². The van der Waals surface area contributed by atoms with Gasteiger partial charge in [-0.05, 0) is 12.8 Å². The monoisotopic (exact) mass is 174 g/mol. The fraction of sp³-hybridized carbons (Fsp3) is 0.889. The summed E-state index contributed by atoms with van der Waals surface area (Å²) >= 11 is 0. The van der Waals surface area contributed by atoms with Crippen molar-refractivity contribution in [1.82, 2.24) is 0 Å². The molecule has 3 heteroatoms. The second kappa shape index (κ2) is 6.00. The van der Waals surface area contributed by atoms with E-state index in [1.807, 2.05) is 13.8 Å². The Balaban J connectivity index is 4.11. The number of carbonyl (C=O) groups is 1. The normalized spacial score (nSPS) is 15.3. The van der Waals surface area contributed by atoms with Crippen LogP contribution in [-0.2, 0) is 9.53 Å². The SMILES string of the molecule is CCC[C@@H](C(=O)OC)[C@H](O)CC. The maximum atomic E-state index is 11.1. The van der Waals surface area contributed by atoms with Crippen molar-refractivity contribution in [3.63, 3.8) is 0 Å². The van der Waals surface area contributed by atoms with Crippen molar-refractivity contribution in [3.05, 3.63) is 0 Å². The summed E-state index contributed by atoms with van der Waals surface area (Å²) in [5.41, 5.74) is 0. The molecule has 0 saturated heterocycles. The van der Waals surface area contributed by atoms with Crippen molar-refractivity contribution >= 4 is 5.97 Å². The van der Waals surface area contributed by atoms with Crippen molar-refractivity contribution in [2.24, 2.45) is 5.92 Å². The highest BCUT2D eigenvalue weighted by molar-refractivity contribution is 5.72. The van der Waals surface area contributed by atoms with Crippen LogP contribution in [0.4, 0.5) is 0 Å². The molecule has 0 aromatic heterocycles. The maximum absolute atomic E-state index is 11.1. The van der Waals surface area contributed by atoms with Crippen molar-refractivity contribution < 1.29 is 14.6 Å². The number of hydrogen-bond acceptors (Lipinski definition) is 3. The van der Waals surface area contributed by atoms with Gasteiger partial charge in [0, 0.05) is 0 Å². The minimum atomic E-state index is -0.558. The summed E-state index contributed by atoms with van der Waals surface area (Å²) in [5.74, 6) is -0.642. The molecule has 0 aliphatic heterocycles. The fourth-order valence-electron chi connectivity index (χ4n) is 1.21. The van der Waals surface area contributed by atoms with Crippen LogP contribution in [-0.4, -0.2) is 24.3 Å². The predicted octanol–water partition coefficient (Wildman–Crippen LogP) is 1.35. The zero-order chi connectivity index (χ0) is 9.56. The van der Waals surface area contributed by atoms with Crippen molar-refractivity contribution in [2.75, 3.05) is 7.11 Å². The lowest BCUT2D eigenvalue weighted by Gasteiger charge is -2.18. The Kier molecular flexibility index (Phi) is 5.72. The van der Waals surface area contributed by atoms with E-state index in [0.717, 1.165) is 6.42 Å². The number of hydrogen-bond donors (Lipinski definition) is 1. The molecule has 0 aliphatic rings. The fourth-order valence-corrected chi connectivity index (χ4v) is 1.21. The zero-order valence-corrected chi connectivity index (χ0v) is 8.04. The van der Waals surface area contributed by atoms with Crippen LogP contribution < -0.4 is 0 Å². The molecule has 0 heterocycles. The summed E-state index contributed by atoms with van der Waals surface area (Å²) in [5, 5.41) is 9.45. The number of methoxy groups -OCH3 is 1. The van der Waals surface area contributed by atoms with E-state index in [-0.39, 0.29) is 11.9 Å². The molecule has 1 N–H and O–H groups in total. The van der Waals surface area contributed by atoms with E-state index in [1.165, 1.54) is 7.11 Å². The number of carbonyl (C=O) groups excluding carboxylic acids is 1. The number of aliphatic hydroxyl groups is 1. The molecule has 3 nitrogen and oxygen atoms in total. The Morgan fingerprint density at radius 3 is 2.42 bits per heavy atom. The number of ether oxygens (including phenoxy) is 1. The molecule has 72 valence electrons. The topological polar surface area (TPSA) is 46.5 Å². The van der Waals surface area contributed by atoms with Crippen LogP contribution in [0.15, 0.2) is 0 Å². The van der Waals surface area contributed by atoms with Gasteiger partial charge in [-0.3, -0.25) is 4.79 Å². The second-order valence-corrected chi connectivity index (χ2v) is 2.89. The molecule has 0 bridgehead atoms. The van der Waals surface area contributed by atoms with Crippen LogP contribution in [0, 0.1) is 5.92 Å². The first-order chi connectivity index (χ1) is 5.67. The van der Waals surface area contributed by atoms with Gasteiger partial charge < -0.3 is 9.84 Å². The Bertz CT molecular complexity index is 134. The van der Waals surface area contributed by atoms with Gasteiger partial charge in [-0.25, -0.2) is 0 Å². The van der Waals surface area contributed by atoms with E-state index < -0.39 is 6.10 Å². The summed E-state index contributed by atoms with van der Waals surface area (Å²) in [7, 11) is 1.35. The average Bonchev–Trinajstić information content (AvgIpc) is 2.11. The third-order valence-electron chi connectivity index (χ3n) is 1.99. The van der Waals surface area contributed by atoms with Gasteiger partial charge in [0.2, 0.25) is 0 Å². The highest BCUT2D eigenvalue weighted by atomic mass is 16.5. The minimum Gasteiger partial charge on any atom is -0.469 e. The predicted molar refractivity (Wildman–Crippen MR) is 46.7 cm³/mol. The molecule has 12 heavy (non-hydrogen) atoms. The largest absolute Gasteiger partial charge is 0.469 e. The van der Waals surface area contributed by atoms with Crippen molar-refractivity contribution in [1.29, 1.82) is 0 Å². The Labute approximate surface area is 73.7 Å². The molecule has 0 aromatic carbocycles. The quantitative estimate of drug-likeness (QED) is 0.640. The lowest BCUT2D eigenvalue weighted by atomic mass is 9.95. The van der Waals surface area contributed by atoms with Gasteiger partial charge in [-0.15, -0.1) is 0 Å². The lowest BCUT2D eigenvalue weighted by Crippen LogP contribution is -2.28. The van der Waals surface area contributed by atoms with Crippen LogP contribution in [0.1, 0.15) is 33.1 Å². The highest BCUT2D eigenvalue weighted by Crippen LogP contribution is 2.15. The van der Waals surface area contributed by atoms with E-state index in [0.29, 0.717) is 12.8 Å². The molecule has 0 aliphatic carbocycles. The molecule has 0 saturated carbocycles.